The molecular weight excluding hydrogens is 304 g/mol. The van der Waals surface area contributed by atoms with Gasteiger partial charge in [0.25, 0.3) is 11.8 Å². The smallest absolute Gasteiger partial charge is 0.265 e. The number of nitrogens with one attached hydrogen (secondary N) is 1. The molecule has 0 aromatic heterocycles. The molecule has 0 radical (unpaired) electrons. The zero-order chi connectivity index (χ0) is 16.1. The Labute approximate surface area is 133 Å². The maximum atomic E-state index is 12.1. The molecular formula is C16H15ClN2O3. The van der Waals surface area contributed by atoms with Crippen molar-refractivity contribution in [1.29, 1.82) is 0 Å². The summed E-state index contributed by atoms with van der Waals surface area (Å²) < 4.78 is 5.52. The predicted molar refractivity (Wildman–Crippen MR) is 85.1 cm³/mol. The van der Waals surface area contributed by atoms with E-state index in [4.69, 9.17) is 22.1 Å². The van der Waals surface area contributed by atoms with Crippen LogP contribution in [0.25, 0.3) is 0 Å². The summed E-state index contributed by atoms with van der Waals surface area (Å²) >= 11 is 5.82. The monoisotopic (exact) mass is 318 g/mol. The van der Waals surface area contributed by atoms with Gasteiger partial charge in [-0.2, -0.15) is 0 Å². The highest BCUT2D eigenvalue weighted by atomic mass is 35.5. The van der Waals surface area contributed by atoms with Crippen LogP contribution in [0.4, 0.5) is 5.69 Å². The number of primary amides is 1. The van der Waals surface area contributed by atoms with Crippen molar-refractivity contribution in [2.45, 2.75) is 13.0 Å². The van der Waals surface area contributed by atoms with E-state index in [2.05, 4.69) is 5.32 Å². The number of hydrogen-bond donors (Lipinski definition) is 2. The molecule has 114 valence electrons. The summed E-state index contributed by atoms with van der Waals surface area (Å²) in [7, 11) is 0. The summed E-state index contributed by atoms with van der Waals surface area (Å²) in [6, 6.07) is 13.5. The van der Waals surface area contributed by atoms with Crippen LogP contribution in [0.1, 0.15) is 17.3 Å². The van der Waals surface area contributed by atoms with E-state index in [-0.39, 0.29) is 17.2 Å². The molecule has 5 nitrogen and oxygen atoms in total. The van der Waals surface area contributed by atoms with Crippen LogP contribution < -0.4 is 15.8 Å². The largest absolute Gasteiger partial charge is 0.480 e. The minimum atomic E-state index is -0.806. The Morgan fingerprint density at radius 2 is 1.86 bits per heavy atom. The number of nitrogens with two attached hydrogens (primary N) is 1. The van der Waals surface area contributed by atoms with E-state index in [0.29, 0.717) is 10.7 Å². The summed E-state index contributed by atoms with van der Waals surface area (Å²) in [5.41, 5.74) is 6.07. The van der Waals surface area contributed by atoms with E-state index >= 15 is 0 Å². The Morgan fingerprint density at radius 1 is 1.18 bits per heavy atom. The number of benzene rings is 2. The molecule has 0 aliphatic rings. The van der Waals surface area contributed by atoms with Crippen molar-refractivity contribution in [3.8, 4) is 5.75 Å². The zero-order valence-electron chi connectivity index (χ0n) is 11.9. The predicted octanol–water partition coefficient (Wildman–Crippen LogP) is 2.84. The maximum absolute atomic E-state index is 12.1. The van der Waals surface area contributed by atoms with Gasteiger partial charge < -0.3 is 15.8 Å². The highest BCUT2D eigenvalue weighted by molar-refractivity contribution is 6.31. The molecule has 1 atom stereocenters. The molecule has 6 heteroatoms. The molecule has 0 bridgehead atoms. The lowest BCUT2D eigenvalue weighted by atomic mass is 10.2. The van der Waals surface area contributed by atoms with Gasteiger partial charge in [-0.3, -0.25) is 9.59 Å². The fourth-order valence-corrected chi connectivity index (χ4v) is 1.98. The van der Waals surface area contributed by atoms with Gasteiger partial charge in [-0.15, -0.1) is 0 Å². The van der Waals surface area contributed by atoms with E-state index < -0.39 is 12.0 Å². The Balaban J connectivity index is 2.10. The molecule has 22 heavy (non-hydrogen) atoms. The van der Waals surface area contributed by atoms with E-state index in [9.17, 15) is 9.59 Å². The van der Waals surface area contributed by atoms with Gasteiger partial charge in [0.05, 0.1) is 5.56 Å². The number of amides is 2. The maximum Gasteiger partial charge on any atom is 0.265 e. The molecule has 0 saturated heterocycles. The number of anilines is 1. The molecule has 0 spiro atoms. The highest BCUT2D eigenvalue weighted by Crippen LogP contribution is 2.23. The van der Waals surface area contributed by atoms with Crippen molar-refractivity contribution in [2.24, 2.45) is 5.73 Å². The quantitative estimate of drug-likeness (QED) is 0.889. The van der Waals surface area contributed by atoms with E-state index in [1.165, 1.54) is 12.1 Å². The van der Waals surface area contributed by atoms with Crippen LogP contribution in [0.2, 0.25) is 5.02 Å². The molecule has 0 fully saturated rings. The molecule has 2 amide bonds. The van der Waals surface area contributed by atoms with Crippen LogP contribution in [0, 0.1) is 0 Å². The number of hydrogen-bond acceptors (Lipinski definition) is 3. The third-order valence-electron chi connectivity index (χ3n) is 2.92. The van der Waals surface area contributed by atoms with E-state index in [1.54, 1.807) is 25.1 Å². The van der Waals surface area contributed by atoms with Crippen molar-refractivity contribution in [2.75, 3.05) is 5.32 Å². The molecule has 0 heterocycles. The topological polar surface area (TPSA) is 81.4 Å². The highest BCUT2D eigenvalue weighted by Gasteiger charge is 2.18. The second-order valence-electron chi connectivity index (χ2n) is 4.62. The van der Waals surface area contributed by atoms with Crippen molar-refractivity contribution in [1.82, 2.24) is 0 Å². The number of carbonyl (C=O) groups is 2. The van der Waals surface area contributed by atoms with Crippen molar-refractivity contribution in [3.63, 3.8) is 0 Å². The lowest BCUT2D eigenvalue weighted by molar-refractivity contribution is -0.122. The van der Waals surface area contributed by atoms with Gasteiger partial charge in [-0.05, 0) is 37.3 Å². The number of halogens is 1. The fraction of sp³-hybridized carbons (Fsp3) is 0.125. The SMILES string of the molecule is C[C@@H](Oc1ccc(Cl)cc1C(N)=O)C(=O)Nc1ccccc1. The first-order valence-electron chi connectivity index (χ1n) is 6.59. The molecule has 2 aromatic rings. The fourth-order valence-electron chi connectivity index (χ4n) is 1.81. The summed E-state index contributed by atoms with van der Waals surface area (Å²) in [5, 5.41) is 3.08. The van der Waals surface area contributed by atoms with Crippen LogP contribution in [0.3, 0.4) is 0 Å². The third-order valence-corrected chi connectivity index (χ3v) is 3.16. The number of ether oxygens (including phenoxy) is 1. The van der Waals surface area contributed by atoms with Gasteiger partial charge >= 0.3 is 0 Å². The summed E-state index contributed by atoms with van der Waals surface area (Å²) in [4.78, 5) is 23.5. The lowest BCUT2D eigenvalue weighted by Crippen LogP contribution is -2.30. The average molecular weight is 319 g/mol. The second-order valence-corrected chi connectivity index (χ2v) is 5.06. The number of carbonyl (C=O) groups excluding carboxylic acids is 2. The third kappa shape index (κ3) is 3.99. The van der Waals surface area contributed by atoms with Gasteiger partial charge in [0, 0.05) is 10.7 Å². The summed E-state index contributed by atoms with van der Waals surface area (Å²) in [5.74, 6) is -0.794. The average Bonchev–Trinajstić information content (AvgIpc) is 2.49. The van der Waals surface area contributed by atoms with Crippen LogP contribution in [0.5, 0.6) is 5.75 Å². The molecule has 0 aliphatic heterocycles. The second kappa shape index (κ2) is 6.95. The van der Waals surface area contributed by atoms with Gasteiger partial charge in [0.15, 0.2) is 6.10 Å². The molecule has 0 unspecified atom stereocenters. The molecule has 0 saturated carbocycles. The van der Waals surface area contributed by atoms with Crippen LogP contribution in [-0.4, -0.2) is 17.9 Å². The summed E-state index contributed by atoms with van der Waals surface area (Å²) in [6.07, 6.45) is -0.806. The van der Waals surface area contributed by atoms with Gasteiger partial charge in [-0.25, -0.2) is 0 Å². The lowest BCUT2D eigenvalue weighted by Gasteiger charge is -2.16. The van der Waals surface area contributed by atoms with E-state index in [0.717, 1.165) is 0 Å². The minimum absolute atomic E-state index is 0.131. The van der Waals surface area contributed by atoms with Gasteiger partial charge in [-0.1, -0.05) is 29.8 Å². The first-order valence-corrected chi connectivity index (χ1v) is 6.97. The minimum Gasteiger partial charge on any atom is -0.480 e. The van der Waals surface area contributed by atoms with Gasteiger partial charge in [0.1, 0.15) is 5.75 Å². The number of para-hydroxylation sites is 1. The molecule has 3 N–H and O–H groups in total. The van der Waals surface area contributed by atoms with Crippen LogP contribution in [-0.2, 0) is 4.79 Å². The van der Waals surface area contributed by atoms with Crippen molar-refractivity contribution in [3.05, 3.63) is 59.1 Å². The number of rotatable bonds is 5. The van der Waals surface area contributed by atoms with Crippen LogP contribution >= 0.6 is 11.6 Å². The molecule has 2 aromatic carbocycles. The summed E-state index contributed by atoms with van der Waals surface area (Å²) in [6.45, 7) is 1.58. The normalized spacial score (nSPS) is 11.5. The Bertz CT molecular complexity index is 689. The van der Waals surface area contributed by atoms with E-state index in [1.807, 2.05) is 18.2 Å². The molecule has 0 aliphatic carbocycles. The first-order chi connectivity index (χ1) is 10.5. The van der Waals surface area contributed by atoms with Crippen molar-refractivity contribution < 1.29 is 14.3 Å². The van der Waals surface area contributed by atoms with Gasteiger partial charge in [0.2, 0.25) is 0 Å². The first kappa shape index (κ1) is 15.9. The molecule has 2 rings (SSSR count). The zero-order valence-corrected chi connectivity index (χ0v) is 12.6. The van der Waals surface area contributed by atoms with Crippen LogP contribution in [0.15, 0.2) is 48.5 Å². The Kier molecular flexibility index (Phi) is 5.01. The Hall–Kier alpha value is -2.53. The standard InChI is InChI=1S/C16H15ClN2O3/c1-10(16(21)19-12-5-3-2-4-6-12)22-14-8-7-11(17)9-13(14)15(18)20/h2-10H,1H3,(H2,18,20)(H,19,21)/t10-/m1/s1. The Morgan fingerprint density at radius 3 is 2.50 bits per heavy atom. The van der Waals surface area contributed by atoms with Crippen molar-refractivity contribution >= 4 is 29.1 Å².